The van der Waals surface area contributed by atoms with E-state index in [2.05, 4.69) is 46.0 Å². The van der Waals surface area contributed by atoms with E-state index in [0.717, 1.165) is 61.7 Å². The van der Waals surface area contributed by atoms with E-state index in [-0.39, 0.29) is 5.91 Å². The summed E-state index contributed by atoms with van der Waals surface area (Å²) < 4.78 is 5.51. The van der Waals surface area contributed by atoms with Crippen LogP contribution in [0.25, 0.3) is 11.5 Å². The molecule has 31 heavy (non-hydrogen) atoms. The van der Waals surface area contributed by atoms with Gasteiger partial charge in [0.15, 0.2) is 5.82 Å². The number of rotatable bonds is 6. The summed E-state index contributed by atoms with van der Waals surface area (Å²) in [6, 6.07) is 12.0. The van der Waals surface area contributed by atoms with Crippen LogP contribution in [-0.2, 0) is 17.6 Å². The summed E-state index contributed by atoms with van der Waals surface area (Å²) in [7, 11) is 0. The molecule has 7 heteroatoms. The maximum Gasteiger partial charge on any atom is 0.261 e. The van der Waals surface area contributed by atoms with E-state index in [9.17, 15) is 4.79 Å². The van der Waals surface area contributed by atoms with Crippen LogP contribution in [0.3, 0.4) is 0 Å². The molecule has 7 nitrogen and oxygen atoms in total. The van der Waals surface area contributed by atoms with Crippen molar-refractivity contribution in [2.45, 2.75) is 39.5 Å². The molecule has 3 heterocycles. The van der Waals surface area contributed by atoms with Gasteiger partial charge in [-0.05, 0) is 37.5 Å². The van der Waals surface area contributed by atoms with Crippen LogP contribution in [0.2, 0.25) is 0 Å². The van der Waals surface area contributed by atoms with Crippen LogP contribution in [-0.4, -0.2) is 52.1 Å². The molecule has 162 valence electrons. The average molecular weight is 420 g/mol. The number of nitrogens with zero attached hydrogens (tertiary/aromatic N) is 5. The van der Waals surface area contributed by atoms with Gasteiger partial charge in [-0.3, -0.25) is 4.79 Å². The first-order valence-corrected chi connectivity index (χ1v) is 11.0. The van der Waals surface area contributed by atoms with Crippen LogP contribution in [0.5, 0.6) is 0 Å². The lowest BCUT2D eigenvalue weighted by Gasteiger charge is -2.24. The van der Waals surface area contributed by atoms with Crippen molar-refractivity contribution in [3.63, 3.8) is 0 Å². The Hall–Kier alpha value is -3.22. The van der Waals surface area contributed by atoms with Crippen LogP contribution < -0.4 is 4.90 Å². The Bertz CT molecular complexity index is 1010. The average Bonchev–Trinajstić information content (AvgIpc) is 3.10. The first-order valence-electron chi connectivity index (χ1n) is 11.0. The highest BCUT2D eigenvalue weighted by Crippen LogP contribution is 2.28. The first kappa shape index (κ1) is 21.0. The quantitative estimate of drug-likeness (QED) is 0.607. The van der Waals surface area contributed by atoms with Crippen molar-refractivity contribution in [2.75, 3.05) is 31.1 Å². The summed E-state index contributed by atoms with van der Waals surface area (Å²) >= 11 is 0. The zero-order chi connectivity index (χ0) is 21.6. The number of carbonyl (C=O) groups excluding carboxylic acids is 1. The van der Waals surface area contributed by atoms with Gasteiger partial charge in [-0.2, -0.15) is 4.98 Å². The third-order valence-corrected chi connectivity index (χ3v) is 5.58. The molecule has 0 spiro atoms. The Morgan fingerprint density at radius 2 is 1.94 bits per heavy atom. The van der Waals surface area contributed by atoms with Gasteiger partial charge in [-0.25, -0.2) is 4.98 Å². The normalized spacial score (nSPS) is 14.5. The molecule has 0 aliphatic carbocycles. The number of pyridine rings is 1. The van der Waals surface area contributed by atoms with E-state index in [1.807, 2.05) is 29.2 Å². The topological polar surface area (TPSA) is 75.4 Å². The van der Waals surface area contributed by atoms with Gasteiger partial charge in [0.1, 0.15) is 5.82 Å². The Morgan fingerprint density at radius 3 is 2.74 bits per heavy atom. The molecule has 1 aromatic carbocycles. The maximum absolute atomic E-state index is 12.9. The molecule has 1 aliphatic rings. The van der Waals surface area contributed by atoms with Gasteiger partial charge in [0.2, 0.25) is 5.91 Å². The van der Waals surface area contributed by atoms with Gasteiger partial charge in [0.05, 0.1) is 12.0 Å². The summed E-state index contributed by atoms with van der Waals surface area (Å²) in [6.45, 7) is 7.12. The third-order valence-electron chi connectivity index (χ3n) is 5.58. The highest BCUT2D eigenvalue weighted by molar-refractivity contribution is 5.79. The van der Waals surface area contributed by atoms with Crippen molar-refractivity contribution in [2.24, 2.45) is 0 Å². The van der Waals surface area contributed by atoms with Crippen molar-refractivity contribution < 1.29 is 9.32 Å². The fourth-order valence-corrected chi connectivity index (χ4v) is 3.88. The molecule has 0 radical (unpaired) electrons. The summed E-state index contributed by atoms with van der Waals surface area (Å²) in [6.07, 6.45) is 4.88. The number of aromatic nitrogens is 3. The molecule has 4 rings (SSSR count). The fraction of sp³-hybridized carbons (Fsp3) is 0.417. The SMILES string of the molecule is CCCc1noc(-c2cccnc2N2CCCN(C(=O)Cc3ccc(C)cc3)CC2)n1. The zero-order valence-electron chi connectivity index (χ0n) is 18.3. The predicted molar refractivity (Wildman–Crippen MR) is 120 cm³/mol. The molecule has 1 saturated heterocycles. The standard InChI is InChI=1S/C24H29N5O2/c1-3-6-21-26-24(31-27-21)20-7-4-12-25-23(20)29-14-5-13-28(15-16-29)22(30)17-19-10-8-18(2)9-11-19/h4,7-12H,3,5-6,13-17H2,1-2H3. The van der Waals surface area contributed by atoms with Crippen molar-refractivity contribution in [3.8, 4) is 11.5 Å². The predicted octanol–water partition coefficient (Wildman–Crippen LogP) is 3.67. The van der Waals surface area contributed by atoms with Crippen molar-refractivity contribution in [3.05, 3.63) is 59.5 Å². The zero-order valence-corrected chi connectivity index (χ0v) is 18.3. The van der Waals surface area contributed by atoms with E-state index in [1.165, 1.54) is 5.56 Å². The van der Waals surface area contributed by atoms with Gasteiger partial charge >= 0.3 is 0 Å². The largest absolute Gasteiger partial charge is 0.354 e. The van der Waals surface area contributed by atoms with E-state index in [0.29, 0.717) is 18.9 Å². The first-order chi connectivity index (χ1) is 15.1. The van der Waals surface area contributed by atoms with E-state index >= 15 is 0 Å². The molecule has 1 aliphatic heterocycles. The van der Waals surface area contributed by atoms with Crippen molar-refractivity contribution >= 4 is 11.7 Å². The molecule has 1 amide bonds. The highest BCUT2D eigenvalue weighted by atomic mass is 16.5. The summed E-state index contributed by atoms with van der Waals surface area (Å²) in [5.74, 6) is 2.23. The molecular weight excluding hydrogens is 390 g/mol. The van der Waals surface area contributed by atoms with Crippen LogP contribution in [0.4, 0.5) is 5.82 Å². The minimum Gasteiger partial charge on any atom is -0.354 e. The van der Waals surface area contributed by atoms with Gasteiger partial charge < -0.3 is 14.3 Å². The minimum atomic E-state index is 0.174. The Kier molecular flexibility index (Phi) is 6.60. The molecule has 0 N–H and O–H groups in total. The van der Waals surface area contributed by atoms with E-state index in [1.54, 1.807) is 6.20 Å². The van der Waals surface area contributed by atoms with Crippen molar-refractivity contribution in [1.29, 1.82) is 0 Å². The summed E-state index contributed by atoms with van der Waals surface area (Å²) in [5.41, 5.74) is 3.11. The van der Waals surface area contributed by atoms with Gasteiger partial charge in [-0.15, -0.1) is 0 Å². The number of benzene rings is 1. The molecule has 0 bridgehead atoms. The second-order valence-electron chi connectivity index (χ2n) is 8.02. The van der Waals surface area contributed by atoms with E-state index in [4.69, 9.17) is 4.52 Å². The fourth-order valence-electron chi connectivity index (χ4n) is 3.88. The molecule has 2 aromatic heterocycles. The number of amides is 1. The minimum absolute atomic E-state index is 0.174. The van der Waals surface area contributed by atoms with Crippen molar-refractivity contribution in [1.82, 2.24) is 20.0 Å². The lowest BCUT2D eigenvalue weighted by Crippen LogP contribution is -2.36. The second kappa shape index (κ2) is 9.73. The molecule has 1 fully saturated rings. The maximum atomic E-state index is 12.9. The molecule has 0 unspecified atom stereocenters. The molecule has 0 atom stereocenters. The molecular formula is C24H29N5O2. The Balaban J connectivity index is 1.45. The second-order valence-corrected chi connectivity index (χ2v) is 8.02. The number of hydrogen-bond acceptors (Lipinski definition) is 6. The molecule has 3 aromatic rings. The monoisotopic (exact) mass is 419 g/mol. The third kappa shape index (κ3) is 5.10. The van der Waals surface area contributed by atoms with E-state index < -0.39 is 0 Å². The lowest BCUT2D eigenvalue weighted by atomic mass is 10.1. The molecule has 0 saturated carbocycles. The van der Waals surface area contributed by atoms with Gasteiger partial charge in [0, 0.05) is 38.8 Å². The highest BCUT2D eigenvalue weighted by Gasteiger charge is 2.23. The summed E-state index contributed by atoms with van der Waals surface area (Å²) in [4.78, 5) is 26.2. The number of aryl methyl sites for hydroxylation is 2. The van der Waals surface area contributed by atoms with Crippen LogP contribution in [0.15, 0.2) is 47.1 Å². The smallest absolute Gasteiger partial charge is 0.261 e. The summed E-state index contributed by atoms with van der Waals surface area (Å²) in [5, 5.41) is 4.08. The van der Waals surface area contributed by atoms with Gasteiger partial charge in [0.25, 0.3) is 5.89 Å². The number of anilines is 1. The van der Waals surface area contributed by atoms with Crippen LogP contribution >= 0.6 is 0 Å². The lowest BCUT2D eigenvalue weighted by molar-refractivity contribution is -0.130. The number of carbonyl (C=O) groups is 1. The Labute approximate surface area is 183 Å². The Morgan fingerprint density at radius 1 is 1.10 bits per heavy atom. The van der Waals surface area contributed by atoms with Crippen LogP contribution in [0.1, 0.15) is 36.7 Å². The number of hydrogen-bond donors (Lipinski definition) is 0. The van der Waals surface area contributed by atoms with Crippen LogP contribution in [0, 0.1) is 6.92 Å². The van der Waals surface area contributed by atoms with Gasteiger partial charge in [-0.1, -0.05) is 41.9 Å².